The van der Waals surface area contributed by atoms with Gasteiger partial charge in [-0.3, -0.25) is 0 Å². The number of fused-ring (bicyclic) bond motifs is 3. The van der Waals surface area contributed by atoms with Crippen LogP contribution in [-0.2, 0) is 18.3 Å². The van der Waals surface area contributed by atoms with E-state index in [9.17, 15) is 0 Å². The smallest absolute Gasteiger partial charge is 0.0451 e. The number of hydrogen-bond acceptors (Lipinski definition) is 1. The van der Waals surface area contributed by atoms with E-state index in [4.69, 9.17) is 0 Å². The van der Waals surface area contributed by atoms with Crippen molar-refractivity contribution >= 4 is 11.4 Å². The molecule has 0 amide bonds. The van der Waals surface area contributed by atoms with Crippen LogP contribution in [0, 0.1) is 0 Å². The second kappa shape index (κ2) is 9.04. The van der Waals surface area contributed by atoms with E-state index >= 15 is 0 Å². The van der Waals surface area contributed by atoms with Gasteiger partial charge in [0.15, 0.2) is 0 Å². The summed E-state index contributed by atoms with van der Waals surface area (Å²) < 4.78 is 0. The van der Waals surface area contributed by atoms with E-state index in [1.54, 1.807) is 0 Å². The molecule has 0 atom stereocenters. The van der Waals surface area contributed by atoms with E-state index in [1.807, 2.05) is 0 Å². The van der Waals surface area contributed by atoms with Crippen molar-refractivity contribution in [1.29, 1.82) is 0 Å². The van der Waals surface area contributed by atoms with Crippen LogP contribution in [0.15, 0.2) is 84.9 Å². The fraction of sp³-hybridized carbons (Fsp3) is 0.294. The maximum atomic E-state index is 2.59. The first kappa shape index (κ1) is 23.4. The molecule has 178 valence electrons. The van der Waals surface area contributed by atoms with Gasteiger partial charge in [-0.05, 0) is 83.3 Å². The lowest BCUT2D eigenvalue weighted by molar-refractivity contribution is 0.650. The highest BCUT2D eigenvalue weighted by molar-refractivity contribution is 5.87. The normalized spacial score (nSPS) is 13.6. The van der Waals surface area contributed by atoms with E-state index in [2.05, 4.69) is 131 Å². The zero-order valence-electron chi connectivity index (χ0n) is 22.0. The molecule has 0 spiro atoms. The third-order valence-corrected chi connectivity index (χ3v) is 7.78. The number of rotatable bonds is 6. The van der Waals surface area contributed by atoms with Crippen molar-refractivity contribution in [3.8, 4) is 22.3 Å². The Balaban J connectivity index is 1.74. The van der Waals surface area contributed by atoms with Crippen molar-refractivity contribution in [1.82, 2.24) is 0 Å². The van der Waals surface area contributed by atoms with Crippen molar-refractivity contribution < 1.29 is 0 Å². The van der Waals surface area contributed by atoms with E-state index in [0.717, 1.165) is 12.8 Å². The van der Waals surface area contributed by atoms with Crippen molar-refractivity contribution in [2.45, 2.75) is 65.8 Å². The van der Waals surface area contributed by atoms with Gasteiger partial charge < -0.3 is 4.90 Å². The molecule has 0 fully saturated rings. The molecular formula is C34H37N. The van der Waals surface area contributed by atoms with Crippen LogP contribution in [0.1, 0.15) is 63.8 Å². The van der Waals surface area contributed by atoms with Gasteiger partial charge in [0.05, 0.1) is 0 Å². The Morgan fingerprint density at radius 1 is 0.629 bits per heavy atom. The van der Waals surface area contributed by atoms with E-state index < -0.39 is 0 Å². The largest absolute Gasteiger partial charge is 0.338 e. The highest BCUT2D eigenvalue weighted by Crippen LogP contribution is 2.52. The van der Waals surface area contributed by atoms with Gasteiger partial charge in [-0.15, -0.1) is 0 Å². The Kier molecular flexibility index (Phi) is 6.05. The summed E-state index contributed by atoms with van der Waals surface area (Å²) in [7, 11) is 0. The zero-order valence-corrected chi connectivity index (χ0v) is 22.0. The maximum Gasteiger partial charge on any atom is 0.0451 e. The lowest BCUT2D eigenvalue weighted by atomic mass is 9.79. The Morgan fingerprint density at radius 2 is 1.26 bits per heavy atom. The molecular weight excluding hydrogens is 422 g/mol. The fourth-order valence-electron chi connectivity index (χ4n) is 6.30. The summed E-state index contributed by atoms with van der Waals surface area (Å²) in [6.45, 7) is 14.0. The fourth-order valence-corrected chi connectivity index (χ4v) is 6.30. The molecule has 0 radical (unpaired) electrons. The first-order chi connectivity index (χ1) is 16.9. The van der Waals surface area contributed by atoms with Crippen molar-refractivity contribution in [3.05, 3.63) is 107 Å². The Labute approximate surface area is 211 Å². The van der Waals surface area contributed by atoms with Crippen molar-refractivity contribution in [2.75, 3.05) is 4.90 Å². The first-order valence-electron chi connectivity index (χ1n) is 13.1. The van der Waals surface area contributed by atoms with Crippen LogP contribution >= 0.6 is 0 Å². The van der Waals surface area contributed by atoms with Crippen LogP contribution < -0.4 is 4.90 Å². The van der Waals surface area contributed by atoms with E-state index in [-0.39, 0.29) is 5.41 Å². The topological polar surface area (TPSA) is 3.24 Å². The second-order valence-electron chi connectivity index (χ2n) is 10.5. The lowest BCUT2D eigenvalue weighted by Crippen LogP contribution is -2.29. The molecule has 1 aliphatic rings. The van der Waals surface area contributed by atoms with Gasteiger partial charge in [0, 0.05) is 22.8 Å². The molecule has 0 aromatic heterocycles. The minimum absolute atomic E-state index is 0.00456. The number of anilines is 2. The average Bonchev–Trinajstić information content (AvgIpc) is 3.11. The molecule has 0 aliphatic heterocycles. The molecule has 0 heterocycles. The minimum atomic E-state index is -0.00456. The molecule has 0 unspecified atom stereocenters. The molecule has 5 rings (SSSR count). The van der Waals surface area contributed by atoms with Crippen LogP contribution in [-0.4, -0.2) is 6.04 Å². The number of hydrogen-bond donors (Lipinski definition) is 0. The van der Waals surface area contributed by atoms with Gasteiger partial charge in [-0.1, -0.05) is 100 Å². The number of nitrogens with zero attached hydrogens (tertiary/aromatic N) is 1. The summed E-state index contributed by atoms with van der Waals surface area (Å²) in [5, 5.41) is 0. The van der Waals surface area contributed by atoms with Gasteiger partial charge in [0.25, 0.3) is 0 Å². The Morgan fingerprint density at radius 3 is 1.94 bits per heavy atom. The highest BCUT2D eigenvalue weighted by atomic mass is 15.2. The van der Waals surface area contributed by atoms with Gasteiger partial charge in [-0.2, -0.15) is 0 Å². The van der Waals surface area contributed by atoms with Crippen LogP contribution in [0.3, 0.4) is 0 Å². The molecule has 1 heteroatoms. The predicted octanol–water partition coefficient (Wildman–Crippen LogP) is 9.33. The monoisotopic (exact) mass is 459 g/mol. The van der Waals surface area contributed by atoms with Gasteiger partial charge >= 0.3 is 0 Å². The van der Waals surface area contributed by atoms with Crippen LogP contribution in [0.2, 0.25) is 0 Å². The molecule has 0 saturated heterocycles. The van der Waals surface area contributed by atoms with Crippen molar-refractivity contribution in [3.63, 3.8) is 0 Å². The van der Waals surface area contributed by atoms with Gasteiger partial charge in [0.2, 0.25) is 0 Å². The van der Waals surface area contributed by atoms with Crippen molar-refractivity contribution in [2.24, 2.45) is 0 Å². The second-order valence-corrected chi connectivity index (χ2v) is 10.5. The summed E-state index contributed by atoms with van der Waals surface area (Å²) in [6, 6.07) is 31.7. The predicted molar refractivity (Wildman–Crippen MR) is 152 cm³/mol. The van der Waals surface area contributed by atoms with Gasteiger partial charge in [0.1, 0.15) is 0 Å². The summed E-state index contributed by atoms with van der Waals surface area (Å²) in [5.74, 6) is 0. The Hall–Kier alpha value is -3.32. The lowest BCUT2D eigenvalue weighted by Gasteiger charge is -2.35. The van der Waals surface area contributed by atoms with Gasteiger partial charge in [-0.25, -0.2) is 0 Å². The Bertz CT molecular complexity index is 1360. The maximum absolute atomic E-state index is 2.59. The molecule has 1 nitrogen and oxygen atoms in total. The quantitative estimate of drug-likeness (QED) is 0.278. The summed E-state index contributed by atoms with van der Waals surface area (Å²) in [5.41, 5.74) is 13.9. The SMILES string of the molecule is CCc1c(-c2ccccc2)cccc1N(c1ccc2c(c1CC)C(C)(C)c1ccccc1-2)C(C)C. The summed E-state index contributed by atoms with van der Waals surface area (Å²) in [4.78, 5) is 2.59. The average molecular weight is 460 g/mol. The first-order valence-corrected chi connectivity index (χ1v) is 13.1. The molecule has 1 aliphatic carbocycles. The molecule has 4 aromatic rings. The standard InChI is InChI=1S/C34H37N/c1-7-25-27(24-15-10-9-11-16-24)18-14-20-31(25)35(23(3)4)32-22-21-29-28-17-12-13-19-30(28)34(5,6)33(29)26(32)8-2/h9-23H,7-8H2,1-6H3. The van der Waals surface area contributed by atoms with E-state index in [0.29, 0.717) is 6.04 Å². The minimum Gasteiger partial charge on any atom is -0.338 e. The highest BCUT2D eigenvalue weighted by Gasteiger charge is 2.38. The molecule has 0 bridgehead atoms. The molecule has 35 heavy (non-hydrogen) atoms. The third-order valence-electron chi connectivity index (χ3n) is 7.78. The van der Waals surface area contributed by atoms with Crippen LogP contribution in [0.25, 0.3) is 22.3 Å². The van der Waals surface area contributed by atoms with Crippen LogP contribution in [0.4, 0.5) is 11.4 Å². The van der Waals surface area contributed by atoms with Crippen LogP contribution in [0.5, 0.6) is 0 Å². The molecule has 0 N–H and O–H groups in total. The summed E-state index contributed by atoms with van der Waals surface area (Å²) in [6.07, 6.45) is 2.01. The summed E-state index contributed by atoms with van der Waals surface area (Å²) >= 11 is 0. The number of benzene rings is 4. The third kappa shape index (κ3) is 3.69. The zero-order chi connectivity index (χ0) is 24.7. The molecule has 0 saturated carbocycles. The molecule has 4 aromatic carbocycles. The van der Waals surface area contributed by atoms with E-state index in [1.165, 1.54) is 55.9 Å².